The second-order valence-electron chi connectivity index (χ2n) is 7.05. The molecule has 0 aliphatic rings. The highest BCUT2D eigenvalue weighted by Crippen LogP contribution is 2.29. The summed E-state index contributed by atoms with van der Waals surface area (Å²) >= 11 is 0. The van der Waals surface area contributed by atoms with Crippen LogP contribution in [0, 0.1) is 6.92 Å². The lowest BCUT2D eigenvalue weighted by Gasteiger charge is -2.09. The van der Waals surface area contributed by atoms with Gasteiger partial charge in [0.2, 0.25) is 5.95 Å². The van der Waals surface area contributed by atoms with Gasteiger partial charge >= 0.3 is 5.69 Å². The predicted molar refractivity (Wildman–Crippen MR) is 117 cm³/mol. The zero-order valence-electron chi connectivity index (χ0n) is 16.8. The maximum Gasteiger partial charge on any atom is 0.333 e. The second kappa shape index (κ2) is 6.77. The van der Waals surface area contributed by atoms with Crippen molar-refractivity contribution in [2.45, 2.75) is 6.92 Å². The fourth-order valence-corrected chi connectivity index (χ4v) is 3.72. The van der Waals surface area contributed by atoms with E-state index < -0.39 is 0 Å². The van der Waals surface area contributed by atoms with E-state index in [9.17, 15) is 4.79 Å². The van der Waals surface area contributed by atoms with Crippen LogP contribution in [-0.2, 0) is 7.05 Å². The number of aromatic nitrogens is 6. The molecule has 8 nitrogen and oxygen atoms in total. The average molecular weight is 397 g/mol. The van der Waals surface area contributed by atoms with Gasteiger partial charge in [0.15, 0.2) is 0 Å². The fraction of sp³-hybridized carbons (Fsp3) is 0.136. The van der Waals surface area contributed by atoms with Gasteiger partial charge in [0.1, 0.15) is 0 Å². The number of pyridine rings is 2. The van der Waals surface area contributed by atoms with Gasteiger partial charge in [-0.25, -0.2) is 14.8 Å². The maximum absolute atomic E-state index is 13.2. The number of anilines is 1. The van der Waals surface area contributed by atoms with Crippen LogP contribution in [0.2, 0.25) is 0 Å². The van der Waals surface area contributed by atoms with Crippen molar-refractivity contribution < 1.29 is 0 Å². The summed E-state index contributed by atoms with van der Waals surface area (Å²) < 4.78 is 3.33. The highest BCUT2D eigenvalue weighted by Gasteiger charge is 2.18. The van der Waals surface area contributed by atoms with Gasteiger partial charge in [0.25, 0.3) is 0 Å². The van der Waals surface area contributed by atoms with Crippen molar-refractivity contribution >= 4 is 27.9 Å². The monoisotopic (exact) mass is 397 g/mol. The molecule has 1 N–H and O–H groups in total. The second-order valence-corrected chi connectivity index (χ2v) is 7.05. The van der Waals surface area contributed by atoms with Crippen LogP contribution >= 0.6 is 0 Å². The normalized spacial score (nSPS) is 11.3. The summed E-state index contributed by atoms with van der Waals surface area (Å²) in [7, 11) is 3.54. The highest BCUT2D eigenvalue weighted by molar-refractivity contribution is 6.04. The number of nitrogens with zero attached hydrogens (tertiary/aromatic N) is 6. The number of aryl methyl sites for hydroxylation is 2. The Hall–Kier alpha value is -4.07. The standard InChI is InChI=1S/C22H19N7O/c1-13-18(5-4-8-24-13)29-20-16-9-14(15-10-26-21(23-2)27-11-15)6-7-17(16)25-12-19(20)28(3)22(29)30/h4-12H,1-3H3,(H,23,26,27). The molecule has 0 aliphatic heterocycles. The number of hydrogen-bond donors (Lipinski definition) is 1. The van der Waals surface area contributed by atoms with E-state index in [0.29, 0.717) is 5.95 Å². The zero-order valence-corrected chi connectivity index (χ0v) is 16.8. The molecule has 0 amide bonds. The molecule has 0 fully saturated rings. The van der Waals surface area contributed by atoms with Gasteiger partial charge < -0.3 is 5.32 Å². The van der Waals surface area contributed by atoms with Crippen LogP contribution in [0.15, 0.2) is 59.9 Å². The molecule has 0 saturated carbocycles. The Morgan fingerprint density at radius 1 is 0.967 bits per heavy atom. The first kappa shape index (κ1) is 18.0. The van der Waals surface area contributed by atoms with E-state index in [4.69, 9.17) is 0 Å². The molecule has 0 unspecified atom stereocenters. The Morgan fingerprint density at radius 2 is 1.77 bits per heavy atom. The van der Waals surface area contributed by atoms with E-state index in [1.54, 1.807) is 48.0 Å². The number of benzene rings is 1. The number of nitrogens with one attached hydrogen (secondary N) is 1. The summed E-state index contributed by atoms with van der Waals surface area (Å²) in [5.74, 6) is 0.563. The topological polar surface area (TPSA) is 90.5 Å². The average Bonchev–Trinajstić information content (AvgIpc) is 3.04. The van der Waals surface area contributed by atoms with E-state index >= 15 is 0 Å². The molecule has 30 heavy (non-hydrogen) atoms. The van der Waals surface area contributed by atoms with Crippen LogP contribution in [-0.4, -0.2) is 36.1 Å². The van der Waals surface area contributed by atoms with Gasteiger partial charge in [-0.3, -0.25) is 19.1 Å². The van der Waals surface area contributed by atoms with E-state index in [0.717, 1.165) is 44.4 Å². The van der Waals surface area contributed by atoms with Crippen LogP contribution in [0.5, 0.6) is 0 Å². The van der Waals surface area contributed by atoms with Gasteiger partial charge in [-0.2, -0.15) is 0 Å². The molecule has 0 aliphatic carbocycles. The Balaban J connectivity index is 1.85. The molecule has 0 atom stereocenters. The molecule has 0 bridgehead atoms. The Morgan fingerprint density at radius 3 is 2.50 bits per heavy atom. The molecule has 0 saturated heterocycles. The van der Waals surface area contributed by atoms with Crippen LogP contribution in [0.3, 0.4) is 0 Å². The summed E-state index contributed by atoms with van der Waals surface area (Å²) in [6.45, 7) is 1.90. The summed E-state index contributed by atoms with van der Waals surface area (Å²) in [4.78, 5) is 30.7. The van der Waals surface area contributed by atoms with E-state index in [-0.39, 0.29) is 5.69 Å². The van der Waals surface area contributed by atoms with Crippen molar-refractivity contribution in [2.75, 3.05) is 12.4 Å². The Labute approximate surface area is 171 Å². The molecule has 148 valence electrons. The van der Waals surface area contributed by atoms with Crippen molar-refractivity contribution in [3.05, 3.63) is 71.3 Å². The van der Waals surface area contributed by atoms with Crippen molar-refractivity contribution in [1.29, 1.82) is 0 Å². The number of hydrogen-bond acceptors (Lipinski definition) is 6. The number of imidazole rings is 1. The molecule has 5 aromatic rings. The first-order valence-corrected chi connectivity index (χ1v) is 9.51. The SMILES string of the molecule is CNc1ncc(-c2ccc3ncc4c(c3c2)n(-c2cccnc2C)c(=O)n4C)cn1. The number of rotatable bonds is 3. The molecular formula is C22H19N7O. The Kier molecular flexibility index (Phi) is 4.06. The molecule has 0 spiro atoms. The molecule has 0 radical (unpaired) electrons. The lowest BCUT2D eigenvalue weighted by atomic mass is 10.1. The van der Waals surface area contributed by atoms with Crippen molar-refractivity contribution in [3.8, 4) is 16.8 Å². The maximum atomic E-state index is 13.2. The first-order valence-electron chi connectivity index (χ1n) is 9.51. The number of fused-ring (bicyclic) bond motifs is 3. The summed E-state index contributed by atoms with van der Waals surface area (Å²) in [6.07, 6.45) is 7.02. The highest BCUT2D eigenvalue weighted by atomic mass is 16.1. The quantitative estimate of drug-likeness (QED) is 0.503. The molecule has 4 heterocycles. The largest absolute Gasteiger partial charge is 0.357 e. The van der Waals surface area contributed by atoms with Crippen LogP contribution < -0.4 is 11.0 Å². The summed E-state index contributed by atoms with van der Waals surface area (Å²) in [6, 6.07) is 9.71. The summed E-state index contributed by atoms with van der Waals surface area (Å²) in [5.41, 5.74) is 5.60. The van der Waals surface area contributed by atoms with Crippen molar-refractivity contribution in [3.63, 3.8) is 0 Å². The first-order chi connectivity index (χ1) is 14.6. The van der Waals surface area contributed by atoms with Gasteiger partial charge in [-0.05, 0) is 36.8 Å². The minimum atomic E-state index is -0.137. The van der Waals surface area contributed by atoms with E-state index in [2.05, 4.69) is 25.3 Å². The molecular weight excluding hydrogens is 378 g/mol. The van der Waals surface area contributed by atoms with Gasteiger partial charge in [-0.1, -0.05) is 6.07 Å². The minimum absolute atomic E-state index is 0.137. The lowest BCUT2D eigenvalue weighted by molar-refractivity contribution is 0.840. The van der Waals surface area contributed by atoms with Gasteiger partial charge in [0, 0.05) is 43.6 Å². The summed E-state index contributed by atoms with van der Waals surface area (Å²) in [5, 5.41) is 3.80. The molecule has 4 aromatic heterocycles. The fourth-order valence-electron chi connectivity index (χ4n) is 3.72. The molecule has 8 heteroatoms. The van der Waals surface area contributed by atoms with Crippen LogP contribution in [0.1, 0.15) is 5.69 Å². The zero-order chi connectivity index (χ0) is 20.8. The van der Waals surface area contributed by atoms with Crippen molar-refractivity contribution in [1.82, 2.24) is 29.1 Å². The van der Waals surface area contributed by atoms with Crippen LogP contribution in [0.4, 0.5) is 5.95 Å². The van der Waals surface area contributed by atoms with Gasteiger partial charge in [-0.15, -0.1) is 0 Å². The lowest BCUT2D eigenvalue weighted by Crippen LogP contribution is -2.21. The third-order valence-corrected chi connectivity index (χ3v) is 5.31. The smallest absolute Gasteiger partial charge is 0.333 e. The van der Waals surface area contributed by atoms with E-state index in [1.807, 2.05) is 37.3 Å². The Bertz CT molecular complexity index is 1470. The predicted octanol–water partition coefficient (Wildman–Crippen LogP) is 3.08. The van der Waals surface area contributed by atoms with Gasteiger partial charge in [0.05, 0.1) is 34.1 Å². The third-order valence-electron chi connectivity index (χ3n) is 5.31. The van der Waals surface area contributed by atoms with Crippen molar-refractivity contribution in [2.24, 2.45) is 7.05 Å². The molecule has 1 aromatic carbocycles. The minimum Gasteiger partial charge on any atom is -0.357 e. The molecule has 5 rings (SSSR count). The third kappa shape index (κ3) is 2.65. The van der Waals surface area contributed by atoms with Crippen LogP contribution in [0.25, 0.3) is 38.8 Å². The van der Waals surface area contributed by atoms with E-state index in [1.165, 1.54) is 0 Å².